The van der Waals surface area contributed by atoms with Crippen molar-refractivity contribution in [2.45, 2.75) is 46.0 Å². The van der Waals surface area contributed by atoms with E-state index in [2.05, 4.69) is 18.8 Å². The van der Waals surface area contributed by atoms with Gasteiger partial charge in [0.2, 0.25) is 0 Å². The van der Waals surface area contributed by atoms with Crippen LogP contribution in [0.5, 0.6) is 0 Å². The molecule has 0 aliphatic rings. The Morgan fingerprint density at radius 2 is 2.00 bits per heavy atom. The zero-order chi connectivity index (χ0) is 8.53. The Kier molecular flexibility index (Phi) is 6.82. The van der Waals surface area contributed by atoms with E-state index in [0.29, 0.717) is 12.8 Å². The SMILES string of the molecule is CCCCC#CCC(=O)CC. The second kappa shape index (κ2) is 7.34. The van der Waals surface area contributed by atoms with Crippen LogP contribution in [0.15, 0.2) is 0 Å². The number of Topliss-reactive ketones (excluding diaryl/α,β-unsaturated/α-hetero) is 1. The minimum atomic E-state index is 0.244. The predicted octanol–water partition coefficient (Wildman–Crippen LogP) is 2.55. The molecule has 0 saturated heterocycles. The van der Waals surface area contributed by atoms with Crippen molar-refractivity contribution in [1.29, 1.82) is 0 Å². The highest BCUT2D eigenvalue weighted by Gasteiger charge is 1.90. The van der Waals surface area contributed by atoms with Crippen LogP contribution in [0.2, 0.25) is 0 Å². The third-order valence-corrected chi connectivity index (χ3v) is 1.46. The quantitative estimate of drug-likeness (QED) is 0.447. The second-order valence-electron chi connectivity index (χ2n) is 2.53. The van der Waals surface area contributed by atoms with E-state index in [-0.39, 0.29) is 5.78 Å². The third-order valence-electron chi connectivity index (χ3n) is 1.46. The van der Waals surface area contributed by atoms with E-state index in [9.17, 15) is 4.79 Å². The van der Waals surface area contributed by atoms with Crippen LogP contribution < -0.4 is 0 Å². The number of ketones is 1. The van der Waals surface area contributed by atoms with Crippen LogP contribution in [0.25, 0.3) is 0 Å². The smallest absolute Gasteiger partial charge is 0.144 e. The van der Waals surface area contributed by atoms with E-state index in [4.69, 9.17) is 0 Å². The van der Waals surface area contributed by atoms with E-state index in [1.807, 2.05) is 6.92 Å². The summed E-state index contributed by atoms with van der Waals surface area (Å²) < 4.78 is 0. The molecular formula is C10H16O. The highest BCUT2D eigenvalue weighted by Crippen LogP contribution is 1.91. The molecule has 11 heavy (non-hydrogen) atoms. The Hall–Kier alpha value is -0.770. The van der Waals surface area contributed by atoms with Gasteiger partial charge in [-0.1, -0.05) is 26.2 Å². The van der Waals surface area contributed by atoms with Crippen molar-refractivity contribution >= 4 is 5.78 Å². The molecule has 0 spiro atoms. The lowest BCUT2D eigenvalue weighted by Gasteiger charge is -1.85. The third kappa shape index (κ3) is 7.12. The molecule has 1 heteroatoms. The number of hydrogen-bond donors (Lipinski definition) is 0. The van der Waals surface area contributed by atoms with Crippen LogP contribution in [-0.2, 0) is 4.79 Å². The molecule has 0 aliphatic heterocycles. The Morgan fingerprint density at radius 1 is 1.27 bits per heavy atom. The molecule has 0 N–H and O–H groups in total. The van der Waals surface area contributed by atoms with E-state index in [1.54, 1.807) is 0 Å². The molecule has 0 bridgehead atoms. The van der Waals surface area contributed by atoms with E-state index in [1.165, 1.54) is 6.42 Å². The van der Waals surface area contributed by atoms with E-state index >= 15 is 0 Å². The van der Waals surface area contributed by atoms with Gasteiger partial charge in [0, 0.05) is 12.8 Å². The molecule has 0 aromatic heterocycles. The molecule has 0 heterocycles. The Labute approximate surface area is 69.2 Å². The number of carbonyl (C=O) groups excluding carboxylic acids is 1. The Morgan fingerprint density at radius 3 is 2.55 bits per heavy atom. The van der Waals surface area contributed by atoms with Gasteiger partial charge in [-0.25, -0.2) is 0 Å². The first-order valence-corrected chi connectivity index (χ1v) is 4.28. The lowest BCUT2D eigenvalue weighted by atomic mass is 10.2. The second-order valence-corrected chi connectivity index (χ2v) is 2.53. The van der Waals surface area contributed by atoms with Crippen molar-refractivity contribution in [2.24, 2.45) is 0 Å². The summed E-state index contributed by atoms with van der Waals surface area (Å²) in [6.45, 7) is 4.01. The maximum absolute atomic E-state index is 10.7. The average molecular weight is 152 g/mol. The van der Waals surface area contributed by atoms with Crippen molar-refractivity contribution in [3.63, 3.8) is 0 Å². The van der Waals surface area contributed by atoms with Crippen LogP contribution in [0, 0.1) is 11.8 Å². The Bertz CT molecular complexity index is 159. The maximum atomic E-state index is 10.7. The molecule has 0 unspecified atom stereocenters. The zero-order valence-electron chi connectivity index (χ0n) is 7.44. The van der Waals surface area contributed by atoms with Crippen molar-refractivity contribution < 1.29 is 4.79 Å². The molecule has 0 amide bonds. The molecular weight excluding hydrogens is 136 g/mol. The van der Waals surface area contributed by atoms with Gasteiger partial charge < -0.3 is 0 Å². The molecule has 0 atom stereocenters. The maximum Gasteiger partial charge on any atom is 0.144 e. The van der Waals surface area contributed by atoms with Crippen LogP contribution in [0.3, 0.4) is 0 Å². The van der Waals surface area contributed by atoms with Crippen molar-refractivity contribution in [3.8, 4) is 11.8 Å². The van der Waals surface area contributed by atoms with Crippen molar-refractivity contribution in [1.82, 2.24) is 0 Å². The lowest BCUT2D eigenvalue weighted by Crippen LogP contribution is -1.90. The van der Waals surface area contributed by atoms with E-state index < -0.39 is 0 Å². The summed E-state index contributed by atoms with van der Waals surface area (Å²) in [6, 6.07) is 0. The van der Waals surface area contributed by atoms with Gasteiger partial charge in [-0.05, 0) is 6.42 Å². The van der Waals surface area contributed by atoms with Gasteiger partial charge in [0.15, 0.2) is 0 Å². The molecule has 0 fully saturated rings. The summed E-state index contributed by atoms with van der Waals surface area (Å²) in [7, 11) is 0. The summed E-state index contributed by atoms with van der Waals surface area (Å²) in [5.74, 6) is 6.10. The van der Waals surface area contributed by atoms with Gasteiger partial charge >= 0.3 is 0 Å². The molecule has 0 radical (unpaired) electrons. The van der Waals surface area contributed by atoms with Crippen LogP contribution in [0.1, 0.15) is 46.0 Å². The summed E-state index contributed by atoms with van der Waals surface area (Å²) >= 11 is 0. The van der Waals surface area contributed by atoms with Gasteiger partial charge in [0.05, 0.1) is 6.42 Å². The first-order chi connectivity index (χ1) is 5.31. The molecule has 0 aromatic rings. The standard InChI is InChI=1S/C10H16O/c1-3-5-6-7-8-9-10(11)4-2/h3-6,9H2,1-2H3. The fourth-order valence-corrected chi connectivity index (χ4v) is 0.640. The molecule has 0 aliphatic carbocycles. The highest BCUT2D eigenvalue weighted by molar-refractivity contribution is 5.80. The molecule has 0 aromatic carbocycles. The number of hydrogen-bond acceptors (Lipinski definition) is 1. The summed E-state index contributed by atoms with van der Waals surface area (Å²) in [6.07, 6.45) is 4.32. The first-order valence-electron chi connectivity index (χ1n) is 4.28. The molecule has 1 nitrogen and oxygen atoms in total. The molecule has 0 rings (SSSR count). The van der Waals surface area contributed by atoms with Crippen LogP contribution in [0.4, 0.5) is 0 Å². The van der Waals surface area contributed by atoms with E-state index in [0.717, 1.165) is 12.8 Å². The van der Waals surface area contributed by atoms with Gasteiger partial charge in [-0.3, -0.25) is 4.79 Å². The number of rotatable bonds is 4. The summed E-state index contributed by atoms with van der Waals surface area (Å²) in [5.41, 5.74) is 0. The first kappa shape index (κ1) is 10.2. The van der Waals surface area contributed by atoms with Crippen molar-refractivity contribution in [2.75, 3.05) is 0 Å². The number of carbonyl (C=O) groups is 1. The minimum Gasteiger partial charge on any atom is -0.299 e. The van der Waals surface area contributed by atoms with Gasteiger partial charge in [-0.15, -0.1) is 5.92 Å². The van der Waals surface area contributed by atoms with Gasteiger partial charge in [0.1, 0.15) is 5.78 Å². The van der Waals surface area contributed by atoms with Crippen LogP contribution >= 0.6 is 0 Å². The predicted molar refractivity (Wildman–Crippen MR) is 47.2 cm³/mol. The zero-order valence-corrected chi connectivity index (χ0v) is 7.44. The van der Waals surface area contributed by atoms with Crippen molar-refractivity contribution in [3.05, 3.63) is 0 Å². The normalized spacial score (nSPS) is 8.55. The van der Waals surface area contributed by atoms with Crippen LogP contribution in [-0.4, -0.2) is 5.78 Å². The monoisotopic (exact) mass is 152 g/mol. The molecule has 62 valence electrons. The fraction of sp³-hybridized carbons (Fsp3) is 0.700. The Balaban J connectivity index is 3.32. The minimum absolute atomic E-state index is 0.244. The highest BCUT2D eigenvalue weighted by atomic mass is 16.1. The largest absolute Gasteiger partial charge is 0.299 e. The topological polar surface area (TPSA) is 17.1 Å². The summed E-state index contributed by atoms with van der Waals surface area (Å²) in [5, 5.41) is 0. The molecule has 0 saturated carbocycles. The lowest BCUT2D eigenvalue weighted by molar-refractivity contribution is -0.117. The van der Waals surface area contributed by atoms with Gasteiger partial charge in [-0.2, -0.15) is 0 Å². The average Bonchev–Trinajstić information content (AvgIpc) is 2.04. The summed E-state index contributed by atoms with van der Waals surface area (Å²) in [4.78, 5) is 10.7. The fourth-order valence-electron chi connectivity index (χ4n) is 0.640. The van der Waals surface area contributed by atoms with Gasteiger partial charge in [0.25, 0.3) is 0 Å². The number of unbranched alkanes of at least 4 members (excludes halogenated alkanes) is 2.